The maximum Gasteiger partial charge on any atom is 0.119 e. The van der Waals surface area contributed by atoms with Crippen LogP contribution in [0.5, 0.6) is 11.5 Å². The van der Waals surface area contributed by atoms with Crippen LogP contribution in [-0.4, -0.2) is 37.1 Å². The third-order valence-electron chi connectivity index (χ3n) is 20.2. The topological polar surface area (TPSA) is 24.9 Å². The van der Waals surface area contributed by atoms with Crippen LogP contribution in [0.3, 0.4) is 0 Å². The molecule has 72 heavy (non-hydrogen) atoms. The highest BCUT2D eigenvalue weighted by molar-refractivity contribution is 5.42. The van der Waals surface area contributed by atoms with Crippen LogP contribution in [0.4, 0.5) is 0 Å². The van der Waals surface area contributed by atoms with Crippen molar-refractivity contribution in [3.8, 4) is 11.5 Å². The second kappa shape index (κ2) is 21.7. The summed E-state index contributed by atoms with van der Waals surface area (Å²) >= 11 is 0. The predicted molar refractivity (Wildman–Crippen MR) is 296 cm³/mol. The molecule has 376 valence electrons. The molecule has 0 spiro atoms. The van der Waals surface area contributed by atoms with Crippen LogP contribution >= 0.6 is 0 Å². The van der Waals surface area contributed by atoms with Gasteiger partial charge in [-0.25, -0.2) is 0 Å². The van der Waals surface area contributed by atoms with Gasteiger partial charge in [0.25, 0.3) is 0 Å². The average Bonchev–Trinajstić information content (AvgIpc) is 3.94. The zero-order chi connectivity index (χ0) is 49.1. The number of rotatable bonds is 14. The first-order chi connectivity index (χ1) is 35.3. The zero-order valence-electron chi connectivity index (χ0n) is 44.1. The van der Waals surface area contributed by atoms with E-state index in [1.54, 1.807) is 36.5 Å². The van der Waals surface area contributed by atoms with Gasteiger partial charge in [-0.15, -0.1) is 0 Å². The van der Waals surface area contributed by atoms with Crippen molar-refractivity contribution in [2.75, 3.05) is 27.3 Å². The summed E-state index contributed by atoms with van der Waals surface area (Å²) in [6, 6.07) is 58.1. The van der Waals surface area contributed by atoms with Gasteiger partial charge in [0.1, 0.15) is 11.5 Å². The third-order valence-corrected chi connectivity index (χ3v) is 20.2. The van der Waals surface area contributed by atoms with Crippen molar-refractivity contribution in [2.45, 2.75) is 129 Å². The van der Waals surface area contributed by atoms with Gasteiger partial charge in [0, 0.05) is 39.3 Å². The standard InChI is InChI=1S/2C34H41NO/c2*1-34-20-19-31-30-17-15-29(36-2)21-27(30)13-16-32(31)33(34)18-14-28(34)24-35(22-25-9-5-3-6-10-25)23-26-11-7-4-8-12-26/h2*3-12,15,17,21,28,31-33H,13-14,16,18-20,22-24H2,1-2H3/t2*28-,31-,32-,33+,34-/m11/s1. The van der Waals surface area contributed by atoms with Gasteiger partial charge in [0.15, 0.2) is 0 Å². The Labute approximate surface area is 433 Å². The van der Waals surface area contributed by atoms with E-state index in [0.29, 0.717) is 10.8 Å². The molecule has 0 aliphatic heterocycles. The molecular formula is C68H82N2O2. The maximum absolute atomic E-state index is 5.53. The SMILES string of the molecule is COc1ccc2c(c1)CC[C@@H]1[C@@H]2CC[C@]2(C)[C@@H](CN(Cc3ccccc3)Cc3ccccc3)CC[C@@H]12.COc1ccc2c(c1)CC[C@@H]1[C@@H]2CC[C@]2(C)[C@@H](CN(Cc3ccccc3)Cc3ccccc3)CC[C@@H]12. The minimum atomic E-state index is 0.469. The van der Waals surface area contributed by atoms with Crippen molar-refractivity contribution in [1.82, 2.24) is 9.80 Å². The van der Waals surface area contributed by atoms with Crippen molar-refractivity contribution in [2.24, 2.45) is 46.3 Å². The fourth-order valence-corrected chi connectivity index (χ4v) is 16.5. The number of aryl methyl sites for hydroxylation is 2. The summed E-state index contributed by atoms with van der Waals surface area (Å²) in [4.78, 5) is 5.47. The Morgan fingerprint density at radius 3 is 1.10 bits per heavy atom. The fraction of sp³-hybridized carbons (Fsp3) is 0.471. The Kier molecular flexibility index (Phi) is 14.8. The minimum Gasteiger partial charge on any atom is -0.497 e. The van der Waals surface area contributed by atoms with Gasteiger partial charge in [-0.2, -0.15) is 0 Å². The molecule has 10 atom stereocenters. The maximum atomic E-state index is 5.53. The molecule has 6 aromatic rings. The van der Waals surface area contributed by atoms with Crippen LogP contribution in [0.15, 0.2) is 158 Å². The number of ether oxygens (including phenoxy) is 2. The molecule has 4 nitrogen and oxygen atoms in total. The molecule has 6 aromatic carbocycles. The molecule has 0 amide bonds. The molecule has 4 heteroatoms. The van der Waals surface area contributed by atoms with Gasteiger partial charge in [0.05, 0.1) is 14.2 Å². The molecule has 0 bridgehead atoms. The number of fused-ring (bicyclic) bond motifs is 10. The van der Waals surface area contributed by atoms with E-state index in [-0.39, 0.29) is 0 Å². The monoisotopic (exact) mass is 959 g/mol. The smallest absolute Gasteiger partial charge is 0.119 e. The van der Waals surface area contributed by atoms with Crippen LogP contribution in [0.1, 0.15) is 134 Å². The first kappa shape index (κ1) is 49.1. The summed E-state index contributed by atoms with van der Waals surface area (Å²) < 4.78 is 11.1. The Bertz CT molecular complexity index is 2420. The van der Waals surface area contributed by atoms with Crippen LogP contribution in [0.25, 0.3) is 0 Å². The molecule has 0 aromatic heterocycles. The predicted octanol–water partition coefficient (Wildman–Crippen LogP) is 15.7. The number of methoxy groups -OCH3 is 2. The number of benzene rings is 6. The van der Waals surface area contributed by atoms with Crippen LogP contribution < -0.4 is 9.47 Å². The Balaban J connectivity index is 0.000000156. The lowest BCUT2D eigenvalue weighted by Crippen LogP contribution is -2.44. The van der Waals surface area contributed by atoms with E-state index in [4.69, 9.17) is 9.47 Å². The summed E-state index contributed by atoms with van der Waals surface area (Å²) in [6.45, 7) is 11.9. The highest BCUT2D eigenvalue weighted by Gasteiger charge is 2.56. The van der Waals surface area contributed by atoms with E-state index in [9.17, 15) is 0 Å². The van der Waals surface area contributed by atoms with Crippen molar-refractivity contribution in [1.29, 1.82) is 0 Å². The van der Waals surface area contributed by atoms with Gasteiger partial charge in [-0.05, 0) is 204 Å². The summed E-state index contributed by atoms with van der Waals surface area (Å²) in [5, 5.41) is 0. The van der Waals surface area contributed by atoms with E-state index < -0.39 is 0 Å². The van der Waals surface area contributed by atoms with Gasteiger partial charge >= 0.3 is 0 Å². The number of hydrogen-bond acceptors (Lipinski definition) is 4. The largest absolute Gasteiger partial charge is 0.497 e. The van der Waals surface area contributed by atoms with Crippen LogP contribution in [0.2, 0.25) is 0 Å². The van der Waals surface area contributed by atoms with E-state index in [1.165, 1.54) is 112 Å². The average molecular weight is 959 g/mol. The van der Waals surface area contributed by atoms with Crippen molar-refractivity contribution in [3.05, 3.63) is 202 Å². The molecule has 4 fully saturated rings. The molecule has 0 saturated heterocycles. The van der Waals surface area contributed by atoms with Crippen LogP contribution in [0, 0.1) is 46.3 Å². The number of nitrogens with zero attached hydrogens (tertiary/aromatic N) is 2. The van der Waals surface area contributed by atoms with Crippen molar-refractivity contribution < 1.29 is 9.47 Å². The van der Waals surface area contributed by atoms with Crippen LogP contribution in [-0.2, 0) is 39.0 Å². The normalized spacial score (nSPS) is 28.9. The van der Waals surface area contributed by atoms with Crippen molar-refractivity contribution in [3.63, 3.8) is 0 Å². The lowest BCUT2D eigenvalue weighted by atomic mass is 9.54. The Morgan fingerprint density at radius 1 is 0.417 bits per heavy atom. The second-order valence-electron chi connectivity index (χ2n) is 23.9. The van der Waals surface area contributed by atoms with Gasteiger partial charge < -0.3 is 9.47 Å². The minimum absolute atomic E-state index is 0.469. The molecule has 0 unspecified atom stereocenters. The summed E-state index contributed by atoms with van der Waals surface area (Å²) in [5.41, 5.74) is 13.0. The molecular weight excluding hydrogens is 877 g/mol. The molecule has 0 radical (unpaired) electrons. The molecule has 4 saturated carbocycles. The Morgan fingerprint density at radius 2 is 0.764 bits per heavy atom. The molecule has 0 heterocycles. The second-order valence-corrected chi connectivity index (χ2v) is 23.9. The van der Waals surface area contributed by atoms with Gasteiger partial charge in [0.2, 0.25) is 0 Å². The zero-order valence-corrected chi connectivity index (χ0v) is 44.1. The highest BCUT2D eigenvalue weighted by atomic mass is 16.5. The fourth-order valence-electron chi connectivity index (χ4n) is 16.5. The molecule has 6 aliphatic carbocycles. The first-order valence-corrected chi connectivity index (χ1v) is 28.2. The van der Waals surface area contributed by atoms with Gasteiger partial charge in [-0.3, -0.25) is 9.80 Å². The summed E-state index contributed by atoms with van der Waals surface area (Å²) in [6.07, 6.45) is 16.2. The van der Waals surface area contributed by atoms with E-state index in [1.807, 2.05) is 0 Å². The Hall–Kier alpha value is -5.16. The van der Waals surface area contributed by atoms with E-state index >= 15 is 0 Å². The number of hydrogen-bond donors (Lipinski definition) is 0. The van der Waals surface area contributed by atoms with E-state index in [0.717, 1.165) is 85.0 Å². The quantitative estimate of drug-likeness (QED) is 0.109. The summed E-state index contributed by atoms with van der Waals surface area (Å²) in [7, 11) is 3.58. The molecule has 0 N–H and O–H groups in total. The van der Waals surface area contributed by atoms with Gasteiger partial charge in [-0.1, -0.05) is 147 Å². The lowest BCUT2D eigenvalue weighted by Gasteiger charge is -2.51. The molecule has 6 aliphatic rings. The molecule has 12 rings (SSSR count). The lowest BCUT2D eigenvalue weighted by molar-refractivity contribution is 0.0143. The van der Waals surface area contributed by atoms with E-state index in [2.05, 4.69) is 181 Å². The highest BCUT2D eigenvalue weighted by Crippen LogP contribution is 2.65. The summed E-state index contributed by atoms with van der Waals surface area (Å²) in [5.74, 6) is 8.55. The third kappa shape index (κ3) is 10.2. The van der Waals surface area contributed by atoms with Crippen molar-refractivity contribution >= 4 is 0 Å². The first-order valence-electron chi connectivity index (χ1n) is 28.2.